The van der Waals surface area contributed by atoms with Crippen molar-refractivity contribution in [3.8, 4) is 0 Å². The van der Waals surface area contributed by atoms with Gasteiger partial charge in [-0.3, -0.25) is 0 Å². The van der Waals surface area contributed by atoms with Crippen LogP contribution in [0.2, 0.25) is 0 Å². The van der Waals surface area contributed by atoms with Crippen LogP contribution < -0.4 is 0 Å². The number of hydrogen-bond donors (Lipinski definition) is 0. The Hall–Kier alpha value is -0.590. The maximum atomic E-state index is 2.26. The third-order valence-electron chi connectivity index (χ3n) is 1.12. The standard InChI is InChI=1S/C5H6N/c1-2-5(1)6-3-4-6/h1,3H,2,4H2/q+1. The number of rotatable bonds is 1. The molecule has 1 nitrogen and oxygen atoms in total. The minimum absolute atomic E-state index is 1.20. The smallest absolute Gasteiger partial charge is 0.190 e. The van der Waals surface area contributed by atoms with E-state index in [0.717, 1.165) is 0 Å². The van der Waals surface area contributed by atoms with Crippen LogP contribution in [0.5, 0.6) is 0 Å². The molecule has 2 aliphatic rings. The van der Waals surface area contributed by atoms with E-state index < -0.39 is 0 Å². The Labute approximate surface area is 36.6 Å². The molecule has 1 heterocycles. The molecule has 0 saturated carbocycles. The zero-order valence-corrected chi connectivity index (χ0v) is 3.52. The summed E-state index contributed by atoms with van der Waals surface area (Å²) in [4.78, 5) is 0. The Morgan fingerprint density at radius 2 is 2.33 bits per heavy atom. The molecule has 0 aromatic carbocycles. The third kappa shape index (κ3) is 0.224. The second kappa shape index (κ2) is 0.579. The summed E-state index contributed by atoms with van der Waals surface area (Å²) in [6, 6.07) is 0. The first-order valence-corrected chi connectivity index (χ1v) is 2.26. The highest BCUT2D eigenvalue weighted by Gasteiger charge is 2.28. The average molecular weight is 80.1 g/mol. The fourth-order valence-corrected chi connectivity index (χ4v) is 0.555. The summed E-state index contributed by atoms with van der Waals surface area (Å²) in [6.07, 6.45) is 5.68. The van der Waals surface area contributed by atoms with Gasteiger partial charge in [-0.05, 0) is 6.08 Å². The molecule has 0 atom stereocenters. The van der Waals surface area contributed by atoms with Crippen molar-refractivity contribution in [1.29, 1.82) is 0 Å². The van der Waals surface area contributed by atoms with Crippen LogP contribution in [0.15, 0.2) is 11.8 Å². The van der Waals surface area contributed by atoms with E-state index in [-0.39, 0.29) is 0 Å². The number of allylic oxidation sites excluding steroid dienone is 2. The van der Waals surface area contributed by atoms with E-state index in [9.17, 15) is 0 Å². The van der Waals surface area contributed by atoms with Crippen molar-refractivity contribution >= 4 is 6.21 Å². The minimum atomic E-state index is 1.20. The summed E-state index contributed by atoms with van der Waals surface area (Å²) < 4.78 is 2.26. The molecule has 2 rings (SSSR count). The summed E-state index contributed by atoms with van der Waals surface area (Å²) in [5.74, 6) is 0. The highest BCUT2D eigenvalue weighted by molar-refractivity contribution is 5.62. The van der Waals surface area contributed by atoms with Crippen molar-refractivity contribution in [1.82, 2.24) is 0 Å². The van der Waals surface area contributed by atoms with Crippen LogP contribution >= 0.6 is 0 Å². The molecule has 6 heavy (non-hydrogen) atoms. The van der Waals surface area contributed by atoms with E-state index in [1.165, 1.54) is 18.7 Å². The Morgan fingerprint density at radius 1 is 1.67 bits per heavy atom. The summed E-state index contributed by atoms with van der Waals surface area (Å²) >= 11 is 0. The molecule has 1 aliphatic heterocycles. The van der Waals surface area contributed by atoms with Gasteiger partial charge >= 0.3 is 0 Å². The van der Waals surface area contributed by atoms with Gasteiger partial charge in [-0.1, -0.05) is 0 Å². The maximum Gasteiger partial charge on any atom is 0.224 e. The van der Waals surface area contributed by atoms with Crippen LogP contribution in [0, 0.1) is 0 Å². The van der Waals surface area contributed by atoms with Crippen molar-refractivity contribution in [2.75, 3.05) is 6.54 Å². The van der Waals surface area contributed by atoms with Crippen LogP contribution in [0.3, 0.4) is 0 Å². The molecule has 1 heteroatoms. The van der Waals surface area contributed by atoms with Gasteiger partial charge < -0.3 is 0 Å². The Balaban J connectivity index is 2.26. The molecule has 1 aliphatic carbocycles. The number of nitrogens with zero attached hydrogens (tertiary/aromatic N) is 1. The van der Waals surface area contributed by atoms with Crippen LogP contribution in [0.25, 0.3) is 0 Å². The third-order valence-corrected chi connectivity index (χ3v) is 1.12. The topological polar surface area (TPSA) is 3.01 Å². The normalized spacial score (nSPS) is 25.3. The molecule has 0 spiro atoms. The van der Waals surface area contributed by atoms with Crippen LogP contribution in [-0.4, -0.2) is 17.3 Å². The monoisotopic (exact) mass is 80.0 g/mol. The first-order chi connectivity index (χ1) is 2.97. The van der Waals surface area contributed by atoms with Gasteiger partial charge in [0.15, 0.2) is 5.70 Å². The zero-order chi connectivity index (χ0) is 3.98. The van der Waals surface area contributed by atoms with Crippen molar-refractivity contribution in [3.05, 3.63) is 11.8 Å². The molecule has 0 amide bonds. The van der Waals surface area contributed by atoms with Crippen molar-refractivity contribution in [3.63, 3.8) is 0 Å². The average Bonchev–Trinajstić information content (AvgIpc) is 2.26. The van der Waals surface area contributed by atoms with Gasteiger partial charge in [0.1, 0.15) is 0 Å². The fraction of sp³-hybridized carbons (Fsp3) is 0.400. The summed E-state index contributed by atoms with van der Waals surface area (Å²) in [5.41, 5.74) is 1.52. The van der Waals surface area contributed by atoms with Crippen molar-refractivity contribution in [2.45, 2.75) is 6.42 Å². The molecule has 0 N–H and O–H groups in total. The zero-order valence-electron chi connectivity index (χ0n) is 3.52. The molecule has 0 unspecified atom stereocenters. The van der Waals surface area contributed by atoms with E-state index in [0.29, 0.717) is 0 Å². The molecular weight excluding hydrogens is 74.1 g/mol. The molecular formula is C5H6N+. The molecule has 0 fully saturated rings. The summed E-state index contributed by atoms with van der Waals surface area (Å²) in [7, 11) is 0. The van der Waals surface area contributed by atoms with Gasteiger partial charge in [0, 0.05) is 0 Å². The molecule has 0 aromatic heterocycles. The Bertz CT molecular complexity index is 124. The van der Waals surface area contributed by atoms with E-state index >= 15 is 0 Å². The summed E-state index contributed by atoms with van der Waals surface area (Å²) in [6.45, 7) is 1.20. The first-order valence-electron chi connectivity index (χ1n) is 2.26. The summed E-state index contributed by atoms with van der Waals surface area (Å²) in [5, 5.41) is 0. The van der Waals surface area contributed by atoms with Gasteiger partial charge in [0.05, 0.1) is 6.42 Å². The Kier molecular flexibility index (Phi) is 0.247. The lowest BCUT2D eigenvalue weighted by molar-refractivity contribution is -0.374. The lowest BCUT2D eigenvalue weighted by atomic mass is 10.8. The highest BCUT2D eigenvalue weighted by atomic mass is 15.1. The van der Waals surface area contributed by atoms with Gasteiger partial charge in [-0.25, -0.2) is 0 Å². The number of hydrogen-bond acceptors (Lipinski definition) is 0. The van der Waals surface area contributed by atoms with Gasteiger partial charge in [0.25, 0.3) is 0 Å². The molecule has 30 valence electrons. The fourth-order valence-electron chi connectivity index (χ4n) is 0.555. The second-order valence-electron chi connectivity index (χ2n) is 1.73. The van der Waals surface area contributed by atoms with Crippen molar-refractivity contribution < 1.29 is 4.58 Å². The molecule has 0 bridgehead atoms. The van der Waals surface area contributed by atoms with Crippen LogP contribution in [0.1, 0.15) is 6.42 Å². The van der Waals surface area contributed by atoms with Crippen molar-refractivity contribution in [2.24, 2.45) is 0 Å². The van der Waals surface area contributed by atoms with E-state index in [2.05, 4.69) is 16.9 Å². The molecule has 0 saturated heterocycles. The lowest BCUT2D eigenvalue weighted by Crippen LogP contribution is -1.74. The molecule has 0 radical (unpaired) electrons. The predicted molar refractivity (Wildman–Crippen MR) is 23.9 cm³/mol. The van der Waals surface area contributed by atoms with E-state index in [1.54, 1.807) is 0 Å². The van der Waals surface area contributed by atoms with Gasteiger partial charge in [0.2, 0.25) is 12.8 Å². The highest BCUT2D eigenvalue weighted by Crippen LogP contribution is 2.21. The van der Waals surface area contributed by atoms with Gasteiger partial charge in [-0.2, -0.15) is 4.58 Å². The van der Waals surface area contributed by atoms with Crippen LogP contribution in [0.4, 0.5) is 0 Å². The largest absolute Gasteiger partial charge is 0.224 e. The Morgan fingerprint density at radius 3 is 2.50 bits per heavy atom. The lowest BCUT2D eigenvalue weighted by Gasteiger charge is -1.61. The minimum Gasteiger partial charge on any atom is -0.190 e. The first kappa shape index (κ1) is 2.56. The quantitative estimate of drug-likeness (QED) is 0.400. The van der Waals surface area contributed by atoms with Gasteiger partial charge in [-0.15, -0.1) is 0 Å². The maximum absolute atomic E-state index is 2.26. The van der Waals surface area contributed by atoms with Crippen LogP contribution in [-0.2, 0) is 0 Å². The second-order valence-corrected chi connectivity index (χ2v) is 1.73. The SMILES string of the molecule is C1=C([N+]2=CC2)C1. The predicted octanol–water partition coefficient (Wildman–Crippen LogP) is 0.371. The van der Waals surface area contributed by atoms with E-state index in [1.807, 2.05) is 0 Å². The van der Waals surface area contributed by atoms with E-state index in [4.69, 9.17) is 0 Å². The molecule has 0 aromatic rings.